The maximum atomic E-state index is 12.4. The summed E-state index contributed by atoms with van der Waals surface area (Å²) < 4.78 is 50.7. The van der Waals surface area contributed by atoms with Gasteiger partial charge in [-0.25, -0.2) is 21.9 Å². The zero-order valence-corrected chi connectivity index (χ0v) is 12.4. The summed E-state index contributed by atoms with van der Waals surface area (Å²) in [6.45, 7) is 3.16. The van der Waals surface area contributed by atoms with Crippen LogP contribution in [0.2, 0.25) is 0 Å². The van der Waals surface area contributed by atoms with E-state index in [1.54, 1.807) is 13.8 Å². The van der Waals surface area contributed by atoms with Crippen LogP contribution >= 0.6 is 0 Å². The lowest BCUT2D eigenvalue weighted by Gasteiger charge is -2.18. The lowest BCUT2D eigenvalue weighted by Crippen LogP contribution is -2.44. The zero-order valence-electron chi connectivity index (χ0n) is 11.6. The molecule has 21 heavy (non-hydrogen) atoms. The molecule has 8 heteroatoms. The quantitative estimate of drug-likeness (QED) is 0.806. The van der Waals surface area contributed by atoms with Crippen molar-refractivity contribution in [2.75, 3.05) is 0 Å². The number of sulfonamides is 1. The van der Waals surface area contributed by atoms with Gasteiger partial charge in [-0.2, -0.15) is 0 Å². The lowest BCUT2D eigenvalue weighted by atomic mass is 10.1. The number of halogens is 2. The van der Waals surface area contributed by atoms with Gasteiger partial charge in [0.05, 0.1) is 5.75 Å². The first-order chi connectivity index (χ1) is 9.62. The van der Waals surface area contributed by atoms with Gasteiger partial charge in [-0.05, 0) is 11.5 Å². The third-order valence-corrected chi connectivity index (χ3v) is 4.15. The van der Waals surface area contributed by atoms with Crippen molar-refractivity contribution in [1.82, 2.24) is 4.72 Å². The molecule has 5 nitrogen and oxygen atoms in total. The molecule has 1 aromatic rings. The van der Waals surface area contributed by atoms with Gasteiger partial charge in [0, 0.05) is 5.56 Å². The minimum Gasteiger partial charge on any atom is -0.480 e. The molecule has 1 unspecified atom stereocenters. The van der Waals surface area contributed by atoms with Crippen LogP contribution in [0.15, 0.2) is 24.3 Å². The molecule has 0 amide bonds. The van der Waals surface area contributed by atoms with Crippen LogP contribution in [0, 0.1) is 5.92 Å². The third kappa shape index (κ3) is 5.39. The predicted octanol–water partition coefficient (Wildman–Crippen LogP) is 2.15. The highest BCUT2D eigenvalue weighted by atomic mass is 32.2. The minimum absolute atomic E-state index is 0.199. The van der Waals surface area contributed by atoms with Crippen LogP contribution in [0.1, 0.15) is 31.4 Å². The summed E-state index contributed by atoms with van der Waals surface area (Å²) in [6, 6.07) is 3.63. The second-order valence-electron chi connectivity index (χ2n) is 4.98. The van der Waals surface area contributed by atoms with Gasteiger partial charge in [0.15, 0.2) is 0 Å². The topological polar surface area (TPSA) is 83.5 Å². The summed E-state index contributed by atoms with van der Waals surface area (Å²) in [5, 5.41) is 8.96. The van der Waals surface area contributed by atoms with Crippen molar-refractivity contribution in [3.05, 3.63) is 35.4 Å². The number of rotatable bonds is 7. The Labute approximate surface area is 122 Å². The molecule has 0 heterocycles. The molecule has 1 aromatic carbocycles. The van der Waals surface area contributed by atoms with E-state index in [0.717, 1.165) is 12.1 Å². The summed E-state index contributed by atoms with van der Waals surface area (Å²) in [7, 11) is -3.88. The fourth-order valence-electron chi connectivity index (χ4n) is 1.69. The minimum atomic E-state index is -3.88. The Morgan fingerprint density at radius 1 is 1.24 bits per heavy atom. The molecule has 0 saturated carbocycles. The first kappa shape index (κ1) is 17.5. The Kier molecular flexibility index (Phi) is 5.79. The first-order valence-electron chi connectivity index (χ1n) is 6.22. The normalized spacial score (nSPS) is 13.6. The van der Waals surface area contributed by atoms with Crippen molar-refractivity contribution in [2.45, 2.75) is 32.1 Å². The second-order valence-corrected chi connectivity index (χ2v) is 6.73. The number of carboxylic acids is 1. The van der Waals surface area contributed by atoms with E-state index in [4.69, 9.17) is 5.11 Å². The van der Waals surface area contributed by atoms with Crippen molar-refractivity contribution in [1.29, 1.82) is 0 Å². The molecule has 0 spiro atoms. The largest absolute Gasteiger partial charge is 0.480 e. The Morgan fingerprint density at radius 3 is 2.14 bits per heavy atom. The van der Waals surface area contributed by atoms with Crippen molar-refractivity contribution < 1.29 is 27.1 Å². The van der Waals surface area contributed by atoms with Crippen LogP contribution in [-0.2, 0) is 20.6 Å². The number of nitrogens with one attached hydrogen (secondary N) is 1. The molecular formula is C13H17F2NO4S. The highest BCUT2D eigenvalue weighted by molar-refractivity contribution is 7.88. The van der Waals surface area contributed by atoms with Gasteiger partial charge in [0.25, 0.3) is 6.43 Å². The van der Waals surface area contributed by atoms with Crippen LogP contribution in [0.25, 0.3) is 0 Å². The second kappa shape index (κ2) is 6.95. The van der Waals surface area contributed by atoms with E-state index in [0.29, 0.717) is 5.56 Å². The van der Waals surface area contributed by atoms with Gasteiger partial charge < -0.3 is 5.11 Å². The van der Waals surface area contributed by atoms with E-state index >= 15 is 0 Å². The average molecular weight is 321 g/mol. The Hall–Kier alpha value is -1.54. The van der Waals surface area contributed by atoms with E-state index in [1.165, 1.54) is 12.1 Å². The molecule has 0 bridgehead atoms. The van der Waals surface area contributed by atoms with Crippen molar-refractivity contribution >= 4 is 16.0 Å². The molecular weight excluding hydrogens is 304 g/mol. The fraction of sp³-hybridized carbons (Fsp3) is 0.462. The summed E-state index contributed by atoms with van der Waals surface area (Å²) >= 11 is 0. The summed E-state index contributed by atoms with van der Waals surface area (Å²) in [5.74, 6) is -2.15. The van der Waals surface area contributed by atoms with E-state index in [9.17, 15) is 22.0 Å². The van der Waals surface area contributed by atoms with E-state index in [1.807, 2.05) is 0 Å². The summed E-state index contributed by atoms with van der Waals surface area (Å²) in [5.41, 5.74) is 0.106. The summed E-state index contributed by atoms with van der Waals surface area (Å²) in [4.78, 5) is 11.0. The molecule has 0 radical (unpaired) electrons. The molecule has 2 N–H and O–H groups in total. The number of hydrogen-bond acceptors (Lipinski definition) is 3. The average Bonchev–Trinajstić information content (AvgIpc) is 2.35. The summed E-state index contributed by atoms with van der Waals surface area (Å²) in [6.07, 6.45) is -2.62. The first-order valence-corrected chi connectivity index (χ1v) is 7.87. The molecule has 1 atom stereocenters. The fourth-order valence-corrected chi connectivity index (χ4v) is 3.16. The van der Waals surface area contributed by atoms with E-state index in [2.05, 4.69) is 4.72 Å². The third-order valence-electron chi connectivity index (χ3n) is 2.83. The van der Waals surface area contributed by atoms with Crippen LogP contribution in [0.3, 0.4) is 0 Å². The molecule has 0 aromatic heterocycles. The molecule has 118 valence electrons. The van der Waals surface area contributed by atoms with E-state index < -0.39 is 40.1 Å². The molecule has 0 fully saturated rings. The van der Waals surface area contributed by atoms with Gasteiger partial charge in [-0.15, -0.1) is 0 Å². The molecule has 0 aliphatic heterocycles. The number of aliphatic carboxylic acids is 1. The number of hydrogen-bond donors (Lipinski definition) is 2. The highest BCUT2D eigenvalue weighted by Crippen LogP contribution is 2.19. The van der Waals surface area contributed by atoms with Gasteiger partial charge >= 0.3 is 5.97 Å². The zero-order chi connectivity index (χ0) is 16.2. The van der Waals surface area contributed by atoms with Gasteiger partial charge in [-0.1, -0.05) is 38.1 Å². The Bertz CT molecular complexity index is 585. The smallest absolute Gasteiger partial charge is 0.321 e. The van der Waals surface area contributed by atoms with Crippen LogP contribution in [0.5, 0.6) is 0 Å². The van der Waals surface area contributed by atoms with Crippen molar-refractivity contribution in [3.8, 4) is 0 Å². The molecule has 0 saturated heterocycles. The SMILES string of the molecule is CC(C)C(NS(=O)(=O)Cc1ccc(C(F)F)cc1)C(=O)O. The lowest BCUT2D eigenvalue weighted by molar-refractivity contribution is -0.140. The number of benzene rings is 1. The van der Waals surface area contributed by atoms with Gasteiger partial charge in [0.2, 0.25) is 10.0 Å². The molecule has 0 aliphatic rings. The Balaban J connectivity index is 2.82. The van der Waals surface area contributed by atoms with Crippen molar-refractivity contribution in [2.24, 2.45) is 5.92 Å². The van der Waals surface area contributed by atoms with Crippen molar-refractivity contribution in [3.63, 3.8) is 0 Å². The van der Waals surface area contributed by atoms with E-state index in [-0.39, 0.29) is 5.56 Å². The number of alkyl halides is 2. The number of carbonyl (C=O) groups is 1. The standard InChI is InChI=1S/C13H17F2NO4S/c1-8(2)11(13(17)18)16-21(19,20)7-9-3-5-10(6-4-9)12(14)15/h3-6,8,11-12,16H,7H2,1-2H3,(H,17,18). The Morgan fingerprint density at radius 2 is 1.76 bits per heavy atom. The molecule has 0 aliphatic carbocycles. The maximum Gasteiger partial charge on any atom is 0.321 e. The van der Waals surface area contributed by atoms with Crippen LogP contribution < -0.4 is 4.72 Å². The van der Waals surface area contributed by atoms with Crippen LogP contribution in [-0.4, -0.2) is 25.5 Å². The predicted molar refractivity (Wildman–Crippen MR) is 73.4 cm³/mol. The number of carboxylic acid groups (broad SMARTS) is 1. The maximum absolute atomic E-state index is 12.4. The van der Waals surface area contributed by atoms with Gasteiger partial charge in [-0.3, -0.25) is 4.79 Å². The van der Waals surface area contributed by atoms with Crippen LogP contribution in [0.4, 0.5) is 8.78 Å². The van der Waals surface area contributed by atoms with Gasteiger partial charge in [0.1, 0.15) is 6.04 Å². The highest BCUT2D eigenvalue weighted by Gasteiger charge is 2.27. The molecule has 1 rings (SSSR count). The monoisotopic (exact) mass is 321 g/mol.